The van der Waals surface area contributed by atoms with Crippen molar-refractivity contribution in [1.82, 2.24) is 24.2 Å². The molecule has 1 aliphatic heterocycles. The first-order valence-electron chi connectivity index (χ1n) is 11.3. The number of aromatic nitrogens is 4. The molecule has 7 nitrogen and oxygen atoms in total. The maximum Gasteiger partial charge on any atom is 0.417 e. The third-order valence-electron chi connectivity index (χ3n) is 6.16. The Morgan fingerprint density at radius 2 is 2.03 bits per heavy atom. The topological polar surface area (TPSA) is 93.5 Å². The Bertz CT molecular complexity index is 1180. The molecule has 2 N–H and O–H groups in total. The van der Waals surface area contributed by atoms with Gasteiger partial charge in [0.15, 0.2) is 0 Å². The molecule has 0 spiro atoms. The largest absolute Gasteiger partial charge is 0.417 e. The van der Waals surface area contributed by atoms with Crippen molar-refractivity contribution in [3.05, 3.63) is 35.8 Å². The van der Waals surface area contributed by atoms with E-state index in [1.165, 1.54) is 12.4 Å². The number of pyridine rings is 1. The van der Waals surface area contributed by atoms with Gasteiger partial charge in [-0.05, 0) is 31.2 Å². The number of hydrogen-bond donors (Lipinski definition) is 2. The van der Waals surface area contributed by atoms with Crippen molar-refractivity contribution in [3.8, 4) is 17.3 Å². The van der Waals surface area contributed by atoms with Crippen LogP contribution in [0.5, 0.6) is 0 Å². The highest BCUT2D eigenvalue weighted by molar-refractivity contribution is 7.96. The van der Waals surface area contributed by atoms with Crippen molar-refractivity contribution in [2.75, 3.05) is 24.2 Å². The second-order valence-corrected chi connectivity index (χ2v) is 9.58. The number of nitriles is 1. The van der Waals surface area contributed by atoms with Gasteiger partial charge in [0.2, 0.25) is 5.95 Å². The van der Waals surface area contributed by atoms with Gasteiger partial charge >= 0.3 is 6.18 Å². The smallest absolute Gasteiger partial charge is 0.351 e. The number of nitrogens with zero attached hydrogens (tertiary/aromatic N) is 5. The van der Waals surface area contributed by atoms with Gasteiger partial charge in [-0.2, -0.15) is 18.4 Å². The van der Waals surface area contributed by atoms with Crippen molar-refractivity contribution >= 4 is 28.9 Å². The van der Waals surface area contributed by atoms with Crippen molar-refractivity contribution in [2.45, 2.75) is 45.3 Å². The van der Waals surface area contributed by atoms with Crippen LogP contribution in [0.2, 0.25) is 0 Å². The van der Waals surface area contributed by atoms with Crippen LogP contribution in [0.25, 0.3) is 22.3 Å². The number of fused-ring (bicyclic) bond motifs is 1. The summed E-state index contributed by atoms with van der Waals surface area (Å²) in [5, 5.41) is 13.3. The van der Waals surface area contributed by atoms with Crippen LogP contribution in [-0.2, 0) is 6.18 Å². The van der Waals surface area contributed by atoms with Gasteiger partial charge in [0, 0.05) is 48.2 Å². The highest BCUT2D eigenvalue weighted by Gasteiger charge is 2.32. The maximum absolute atomic E-state index is 13.2. The zero-order valence-electron chi connectivity index (χ0n) is 19.0. The first-order chi connectivity index (χ1) is 16.3. The Hall–Kier alpha value is -2.84. The fourth-order valence-corrected chi connectivity index (χ4v) is 5.24. The summed E-state index contributed by atoms with van der Waals surface area (Å²) in [6, 6.07) is 3.24. The molecular formula is C23H26F3N7S. The number of alkyl halides is 3. The molecule has 1 fully saturated rings. The molecule has 3 aromatic heterocycles. The van der Waals surface area contributed by atoms with Crippen LogP contribution in [0.3, 0.4) is 0 Å². The van der Waals surface area contributed by atoms with E-state index in [2.05, 4.69) is 49.5 Å². The molecule has 0 amide bonds. The fraction of sp³-hybridized carbons (Fsp3) is 0.478. The molecule has 0 aromatic carbocycles. The molecule has 0 aliphatic carbocycles. The molecule has 180 valence electrons. The summed E-state index contributed by atoms with van der Waals surface area (Å²) in [5.74, 6) is 1.89. The second kappa shape index (κ2) is 10.2. The van der Waals surface area contributed by atoms with Crippen LogP contribution >= 0.6 is 11.9 Å². The van der Waals surface area contributed by atoms with Crippen LogP contribution in [0, 0.1) is 17.2 Å². The average Bonchev–Trinajstić information content (AvgIpc) is 3.26. The number of anilines is 1. The second-order valence-electron chi connectivity index (χ2n) is 8.23. The lowest BCUT2D eigenvalue weighted by Gasteiger charge is -2.35. The van der Waals surface area contributed by atoms with Gasteiger partial charge in [0.25, 0.3) is 0 Å². The average molecular weight is 490 g/mol. The van der Waals surface area contributed by atoms with Gasteiger partial charge in [0.05, 0.1) is 23.0 Å². The van der Waals surface area contributed by atoms with Crippen molar-refractivity contribution in [2.24, 2.45) is 5.92 Å². The van der Waals surface area contributed by atoms with Crippen LogP contribution in [-0.4, -0.2) is 49.1 Å². The molecule has 3 aromatic rings. The number of halogens is 3. The Morgan fingerprint density at radius 1 is 1.26 bits per heavy atom. The Balaban J connectivity index is 1.62. The molecule has 1 saturated heterocycles. The lowest BCUT2D eigenvalue weighted by atomic mass is 9.89. The van der Waals surface area contributed by atoms with Crippen LogP contribution in [0.15, 0.2) is 24.7 Å². The van der Waals surface area contributed by atoms with Gasteiger partial charge in [-0.15, -0.1) is 0 Å². The summed E-state index contributed by atoms with van der Waals surface area (Å²) in [6.07, 6.45) is 2.23. The monoisotopic (exact) mass is 489 g/mol. The lowest BCUT2D eigenvalue weighted by Crippen LogP contribution is -2.38. The molecule has 0 saturated carbocycles. The molecular weight excluding hydrogens is 463 g/mol. The first-order valence-corrected chi connectivity index (χ1v) is 12.2. The summed E-state index contributed by atoms with van der Waals surface area (Å²) in [4.78, 5) is 15.7. The molecule has 11 heteroatoms. The minimum Gasteiger partial charge on any atom is -0.351 e. The Morgan fingerprint density at radius 3 is 2.68 bits per heavy atom. The fourth-order valence-electron chi connectivity index (χ4n) is 4.40. The number of piperidine rings is 1. The third-order valence-corrected chi connectivity index (χ3v) is 7.14. The minimum atomic E-state index is -4.52. The van der Waals surface area contributed by atoms with Gasteiger partial charge in [0.1, 0.15) is 11.7 Å². The van der Waals surface area contributed by atoms with E-state index in [0.29, 0.717) is 23.1 Å². The van der Waals surface area contributed by atoms with Crippen LogP contribution in [0.1, 0.15) is 44.2 Å². The zero-order valence-corrected chi connectivity index (χ0v) is 19.8. The number of hydrogen-bond acceptors (Lipinski definition) is 7. The Kier molecular flexibility index (Phi) is 7.28. The molecule has 0 radical (unpaired) electrons. The van der Waals surface area contributed by atoms with Crippen LogP contribution < -0.4 is 5.32 Å². The van der Waals surface area contributed by atoms with E-state index in [-0.39, 0.29) is 22.7 Å². The van der Waals surface area contributed by atoms with E-state index in [1.54, 1.807) is 0 Å². The van der Waals surface area contributed by atoms with E-state index in [0.717, 1.165) is 50.4 Å². The third kappa shape index (κ3) is 5.13. The van der Waals surface area contributed by atoms with Crippen LogP contribution in [0.4, 0.5) is 19.1 Å². The maximum atomic E-state index is 13.2. The summed E-state index contributed by atoms with van der Waals surface area (Å²) in [7, 11) is 0. The number of aromatic amines is 1. The molecule has 4 heterocycles. The summed E-state index contributed by atoms with van der Waals surface area (Å²) in [6.45, 7) is 6.33. The predicted octanol–water partition coefficient (Wildman–Crippen LogP) is 5.48. The predicted molar refractivity (Wildman–Crippen MR) is 127 cm³/mol. The number of H-pyrrole nitrogens is 1. The van der Waals surface area contributed by atoms with Crippen molar-refractivity contribution in [3.63, 3.8) is 0 Å². The molecule has 1 unspecified atom stereocenters. The van der Waals surface area contributed by atoms with E-state index in [9.17, 15) is 18.4 Å². The molecule has 1 aliphatic rings. The first kappa shape index (κ1) is 24.3. The SMILES string of the molecule is CCSN1CCC(C(CC)Nc2ncc(C#N)c(-c3c[nH]c4ncc(C(F)(F)F)cc34)n2)CC1. The van der Waals surface area contributed by atoms with E-state index < -0.39 is 11.7 Å². The highest BCUT2D eigenvalue weighted by atomic mass is 32.2. The quantitative estimate of drug-likeness (QED) is 0.425. The van der Waals surface area contributed by atoms with Gasteiger partial charge in [-0.3, -0.25) is 4.31 Å². The van der Waals surface area contributed by atoms with E-state index in [4.69, 9.17) is 0 Å². The number of nitrogens with one attached hydrogen (secondary N) is 2. The Labute approximate surface area is 200 Å². The number of rotatable bonds is 7. The van der Waals surface area contributed by atoms with E-state index in [1.807, 2.05) is 11.9 Å². The summed E-state index contributed by atoms with van der Waals surface area (Å²) in [5.41, 5.74) is 0.278. The molecule has 0 bridgehead atoms. The standard InChI is InChI=1S/C23H26F3N7S/c1-3-19(14-5-7-33(8-6-14)34-4-2)31-22-30-11-15(10-27)20(32-22)18-13-29-21-17(18)9-16(12-28-21)23(24,25)26/h9,11-14,19H,3-8H2,1-2H3,(H,28,29)(H,30,31,32). The lowest BCUT2D eigenvalue weighted by molar-refractivity contribution is -0.137. The normalized spacial score (nSPS) is 16.5. The molecule has 34 heavy (non-hydrogen) atoms. The van der Waals surface area contributed by atoms with E-state index >= 15 is 0 Å². The molecule has 4 rings (SSSR count). The summed E-state index contributed by atoms with van der Waals surface area (Å²) >= 11 is 1.86. The van der Waals surface area contributed by atoms with Crippen molar-refractivity contribution in [1.29, 1.82) is 5.26 Å². The summed E-state index contributed by atoms with van der Waals surface area (Å²) < 4.78 is 42.2. The van der Waals surface area contributed by atoms with Gasteiger partial charge < -0.3 is 10.3 Å². The van der Waals surface area contributed by atoms with Crippen molar-refractivity contribution < 1.29 is 13.2 Å². The van der Waals surface area contributed by atoms with Gasteiger partial charge in [-0.1, -0.05) is 25.8 Å². The molecule has 1 atom stereocenters. The zero-order chi connectivity index (χ0) is 24.3. The minimum absolute atomic E-state index is 0.163. The van der Waals surface area contributed by atoms with Gasteiger partial charge in [-0.25, -0.2) is 15.0 Å². The highest BCUT2D eigenvalue weighted by Crippen LogP contribution is 2.35.